The molecule has 5 heteroatoms. The van der Waals surface area contributed by atoms with Crippen molar-refractivity contribution in [2.45, 2.75) is 31.3 Å². The number of hydrogen-bond acceptors (Lipinski definition) is 3. The van der Waals surface area contributed by atoms with Crippen molar-refractivity contribution in [2.24, 2.45) is 0 Å². The van der Waals surface area contributed by atoms with Crippen molar-refractivity contribution in [2.75, 3.05) is 11.1 Å². The molecular weight excluding hydrogens is 330 g/mol. The maximum absolute atomic E-state index is 12.5. The van der Waals surface area contributed by atoms with E-state index in [4.69, 9.17) is 16.3 Å². The Balaban J connectivity index is 2.06. The van der Waals surface area contributed by atoms with E-state index in [-0.39, 0.29) is 5.91 Å². The number of para-hydroxylation sites is 1. The highest BCUT2D eigenvalue weighted by atomic mass is 35.5. The smallest absolute Gasteiger partial charge is 0.265 e. The Bertz CT molecular complexity index is 646. The fourth-order valence-electron chi connectivity index (χ4n) is 2.06. The van der Waals surface area contributed by atoms with E-state index in [0.29, 0.717) is 17.2 Å². The highest BCUT2D eigenvalue weighted by molar-refractivity contribution is 7.99. The third-order valence-electron chi connectivity index (χ3n) is 3.20. The van der Waals surface area contributed by atoms with Crippen LogP contribution in [0.3, 0.4) is 0 Å². The average Bonchev–Trinajstić information content (AvgIpc) is 2.56. The van der Waals surface area contributed by atoms with Gasteiger partial charge in [0.15, 0.2) is 6.10 Å². The van der Waals surface area contributed by atoms with Gasteiger partial charge in [-0.05, 0) is 48.6 Å². The summed E-state index contributed by atoms with van der Waals surface area (Å²) >= 11 is 7.56. The largest absolute Gasteiger partial charge is 0.481 e. The number of hydrogen-bond donors (Lipinski definition) is 1. The summed E-state index contributed by atoms with van der Waals surface area (Å²) in [7, 11) is 0. The number of carbonyl (C=O) groups is 1. The van der Waals surface area contributed by atoms with Crippen LogP contribution in [0.5, 0.6) is 5.75 Å². The molecule has 0 bridgehead atoms. The van der Waals surface area contributed by atoms with Crippen LogP contribution in [0.2, 0.25) is 5.02 Å². The summed E-state index contributed by atoms with van der Waals surface area (Å²) in [6.07, 6.45) is 0.0354. The topological polar surface area (TPSA) is 38.3 Å². The predicted octanol–water partition coefficient (Wildman–Crippen LogP) is 5.25. The van der Waals surface area contributed by atoms with Gasteiger partial charge in [0, 0.05) is 9.92 Å². The van der Waals surface area contributed by atoms with Crippen molar-refractivity contribution in [1.82, 2.24) is 0 Å². The lowest BCUT2D eigenvalue weighted by atomic mass is 10.2. The number of halogens is 1. The lowest BCUT2D eigenvalue weighted by Crippen LogP contribution is -2.32. The standard InChI is InChI=1S/C18H20ClNO2S/c1-3-16(22-14-11-9-13(19)10-12-14)18(21)20-15-7-5-6-8-17(15)23-4-2/h5-12,16H,3-4H2,1-2H3,(H,20,21)/t16-/m1/s1. The molecule has 0 aliphatic rings. The van der Waals surface area contributed by atoms with Gasteiger partial charge in [0.05, 0.1) is 5.69 Å². The Morgan fingerprint density at radius 1 is 1.17 bits per heavy atom. The molecule has 0 radical (unpaired) electrons. The van der Waals surface area contributed by atoms with Crippen LogP contribution < -0.4 is 10.1 Å². The number of carbonyl (C=O) groups excluding carboxylic acids is 1. The molecular formula is C18H20ClNO2S. The molecule has 2 rings (SSSR count). The fourth-order valence-corrected chi connectivity index (χ4v) is 2.95. The van der Waals surface area contributed by atoms with Gasteiger partial charge >= 0.3 is 0 Å². The van der Waals surface area contributed by atoms with Crippen LogP contribution in [0.25, 0.3) is 0 Å². The van der Waals surface area contributed by atoms with Crippen LogP contribution in [0.15, 0.2) is 53.4 Å². The molecule has 3 nitrogen and oxygen atoms in total. The number of rotatable bonds is 7. The Morgan fingerprint density at radius 3 is 2.52 bits per heavy atom. The van der Waals surface area contributed by atoms with E-state index in [2.05, 4.69) is 12.2 Å². The molecule has 0 aliphatic carbocycles. The quantitative estimate of drug-likeness (QED) is 0.694. The summed E-state index contributed by atoms with van der Waals surface area (Å²) in [5, 5.41) is 3.61. The van der Waals surface area contributed by atoms with Crippen molar-refractivity contribution in [1.29, 1.82) is 0 Å². The van der Waals surface area contributed by atoms with Crippen LogP contribution in [-0.4, -0.2) is 17.8 Å². The van der Waals surface area contributed by atoms with Crippen LogP contribution in [-0.2, 0) is 4.79 Å². The van der Waals surface area contributed by atoms with Gasteiger partial charge in [-0.15, -0.1) is 11.8 Å². The number of benzene rings is 2. The number of amides is 1. The van der Waals surface area contributed by atoms with Gasteiger partial charge in [-0.3, -0.25) is 4.79 Å². The van der Waals surface area contributed by atoms with E-state index in [1.807, 2.05) is 31.2 Å². The summed E-state index contributed by atoms with van der Waals surface area (Å²) in [4.78, 5) is 13.6. The highest BCUT2D eigenvalue weighted by Gasteiger charge is 2.19. The lowest BCUT2D eigenvalue weighted by molar-refractivity contribution is -0.122. The average molecular weight is 350 g/mol. The molecule has 2 aromatic carbocycles. The molecule has 0 fully saturated rings. The summed E-state index contributed by atoms with van der Waals surface area (Å²) in [5.74, 6) is 1.44. The Hall–Kier alpha value is -1.65. The maximum Gasteiger partial charge on any atom is 0.265 e. The zero-order valence-electron chi connectivity index (χ0n) is 13.2. The molecule has 122 valence electrons. The minimum absolute atomic E-state index is 0.147. The first-order chi connectivity index (χ1) is 11.1. The van der Waals surface area contributed by atoms with Gasteiger partial charge in [0.25, 0.3) is 5.91 Å². The molecule has 0 aromatic heterocycles. The SMILES string of the molecule is CCSc1ccccc1NC(=O)[C@@H](CC)Oc1ccc(Cl)cc1. The van der Waals surface area contributed by atoms with Crippen molar-refractivity contribution >= 4 is 35.0 Å². The highest BCUT2D eigenvalue weighted by Crippen LogP contribution is 2.27. The molecule has 0 saturated carbocycles. The fraction of sp³-hybridized carbons (Fsp3) is 0.278. The number of anilines is 1. The summed E-state index contributed by atoms with van der Waals surface area (Å²) < 4.78 is 5.77. The minimum Gasteiger partial charge on any atom is -0.481 e. The second kappa shape index (κ2) is 8.85. The Morgan fingerprint density at radius 2 is 1.87 bits per heavy atom. The van der Waals surface area contributed by atoms with E-state index in [1.54, 1.807) is 36.0 Å². The zero-order valence-corrected chi connectivity index (χ0v) is 14.8. The first kappa shape index (κ1) is 17.7. The molecule has 0 heterocycles. The second-order valence-electron chi connectivity index (χ2n) is 4.89. The van der Waals surface area contributed by atoms with E-state index in [0.717, 1.165) is 16.3 Å². The molecule has 0 unspecified atom stereocenters. The van der Waals surface area contributed by atoms with Crippen LogP contribution in [0.1, 0.15) is 20.3 Å². The lowest BCUT2D eigenvalue weighted by Gasteiger charge is -2.18. The summed E-state index contributed by atoms with van der Waals surface area (Å²) in [6, 6.07) is 14.8. The van der Waals surface area contributed by atoms with Gasteiger partial charge in [0.1, 0.15) is 5.75 Å². The first-order valence-corrected chi connectivity index (χ1v) is 8.95. The molecule has 2 aromatic rings. The van der Waals surface area contributed by atoms with Gasteiger partial charge in [0.2, 0.25) is 0 Å². The number of nitrogens with one attached hydrogen (secondary N) is 1. The Labute approximate surface area is 146 Å². The third kappa shape index (κ3) is 5.19. The minimum atomic E-state index is -0.546. The second-order valence-corrected chi connectivity index (χ2v) is 6.63. The van der Waals surface area contributed by atoms with Gasteiger partial charge < -0.3 is 10.1 Å². The summed E-state index contributed by atoms with van der Waals surface area (Å²) in [5.41, 5.74) is 0.822. The van der Waals surface area contributed by atoms with Gasteiger partial charge in [-0.1, -0.05) is 37.6 Å². The van der Waals surface area contributed by atoms with Crippen LogP contribution >= 0.6 is 23.4 Å². The molecule has 1 amide bonds. The predicted molar refractivity (Wildman–Crippen MR) is 97.6 cm³/mol. The van der Waals surface area contributed by atoms with Gasteiger partial charge in [-0.2, -0.15) is 0 Å². The van der Waals surface area contributed by atoms with Crippen LogP contribution in [0, 0.1) is 0 Å². The molecule has 1 N–H and O–H groups in total. The van der Waals surface area contributed by atoms with E-state index >= 15 is 0 Å². The zero-order chi connectivity index (χ0) is 16.7. The monoisotopic (exact) mass is 349 g/mol. The van der Waals surface area contributed by atoms with Gasteiger partial charge in [-0.25, -0.2) is 0 Å². The molecule has 0 saturated heterocycles. The molecule has 0 aliphatic heterocycles. The van der Waals surface area contributed by atoms with Crippen molar-refractivity contribution < 1.29 is 9.53 Å². The third-order valence-corrected chi connectivity index (χ3v) is 4.41. The molecule has 23 heavy (non-hydrogen) atoms. The van der Waals surface area contributed by atoms with E-state index in [1.165, 1.54) is 0 Å². The number of thioether (sulfide) groups is 1. The molecule has 1 atom stereocenters. The molecule has 0 spiro atoms. The van der Waals surface area contributed by atoms with E-state index in [9.17, 15) is 4.79 Å². The van der Waals surface area contributed by atoms with Crippen molar-refractivity contribution in [3.05, 3.63) is 53.6 Å². The van der Waals surface area contributed by atoms with Crippen molar-refractivity contribution in [3.63, 3.8) is 0 Å². The van der Waals surface area contributed by atoms with Crippen LogP contribution in [0.4, 0.5) is 5.69 Å². The number of ether oxygens (including phenoxy) is 1. The maximum atomic E-state index is 12.5. The normalized spacial score (nSPS) is 11.8. The Kier molecular flexibility index (Phi) is 6.81. The first-order valence-electron chi connectivity index (χ1n) is 7.59. The van der Waals surface area contributed by atoms with E-state index < -0.39 is 6.10 Å². The van der Waals surface area contributed by atoms with Crippen molar-refractivity contribution in [3.8, 4) is 5.75 Å². The summed E-state index contributed by atoms with van der Waals surface area (Å²) in [6.45, 7) is 4.01.